The molecule has 0 saturated heterocycles. The summed E-state index contributed by atoms with van der Waals surface area (Å²) in [6, 6.07) is 15.2. The van der Waals surface area contributed by atoms with E-state index in [0.717, 1.165) is 11.1 Å². The fourth-order valence-electron chi connectivity index (χ4n) is 1.54. The third-order valence-corrected chi connectivity index (χ3v) is 3.57. The van der Waals surface area contributed by atoms with Crippen LogP contribution in [0.4, 0.5) is 0 Å². The van der Waals surface area contributed by atoms with Gasteiger partial charge >= 0.3 is 0 Å². The highest BCUT2D eigenvalue weighted by molar-refractivity contribution is 7.80. The van der Waals surface area contributed by atoms with Gasteiger partial charge in [-0.1, -0.05) is 72.2 Å². The van der Waals surface area contributed by atoms with Crippen molar-refractivity contribution in [2.75, 3.05) is 0 Å². The first-order chi connectivity index (χ1) is 7.70. The van der Waals surface area contributed by atoms with Gasteiger partial charge in [-0.15, -0.1) is 0 Å². The van der Waals surface area contributed by atoms with Crippen LogP contribution in [0.3, 0.4) is 0 Å². The highest BCUT2D eigenvalue weighted by atomic mass is 35.5. The average Bonchev–Trinajstić information content (AvgIpc) is 2.29. The second-order valence-electron chi connectivity index (χ2n) is 3.42. The molecule has 2 aromatic rings. The van der Waals surface area contributed by atoms with Crippen molar-refractivity contribution in [3.63, 3.8) is 0 Å². The van der Waals surface area contributed by atoms with Gasteiger partial charge in [-0.05, 0) is 23.3 Å². The summed E-state index contributed by atoms with van der Waals surface area (Å²) in [5.74, 6) is 0. The molecule has 2 rings (SSSR count). The smallest absolute Gasteiger partial charge is 0.0679 e. The molecule has 0 N–H and O–H groups in total. The molecule has 0 saturated carbocycles. The van der Waals surface area contributed by atoms with Gasteiger partial charge < -0.3 is 0 Å². The van der Waals surface area contributed by atoms with E-state index in [2.05, 4.69) is 0 Å². The molecule has 16 heavy (non-hydrogen) atoms. The molecule has 0 spiro atoms. The van der Waals surface area contributed by atoms with Crippen molar-refractivity contribution in [1.82, 2.24) is 0 Å². The van der Waals surface area contributed by atoms with Crippen LogP contribution in [0.25, 0.3) is 0 Å². The maximum atomic E-state index is 6.11. The Morgan fingerprint density at radius 2 is 1.12 bits per heavy atom. The van der Waals surface area contributed by atoms with E-state index < -0.39 is 0 Å². The summed E-state index contributed by atoms with van der Waals surface area (Å²) in [6.07, 6.45) is 0. The number of benzene rings is 2. The van der Waals surface area contributed by atoms with E-state index in [1.165, 1.54) is 0 Å². The molecule has 0 aliphatic rings. The maximum Gasteiger partial charge on any atom is 0.0679 e. The molecule has 0 amide bonds. The van der Waals surface area contributed by atoms with Crippen LogP contribution in [0.1, 0.15) is 16.4 Å². The van der Waals surface area contributed by atoms with E-state index in [-0.39, 0.29) is 5.25 Å². The average molecular weight is 268 g/mol. The monoisotopic (exact) mass is 267 g/mol. The quantitative estimate of drug-likeness (QED) is 0.695. The fourth-order valence-corrected chi connectivity index (χ4v) is 2.57. The number of halogens is 2. The van der Waals surface area contributed by atoms with Gasteiger partial charge in [-0.2, -0.15) is 0 Å². The van der Waals surface area contributed by atoms with Crippen LogP contribution < -0.4 is 0 Å². The van der Waals surface area contributed by atoms with Crippen LogP contribution in [0, 0.1) is 0 Å². The molecule has 0 aromatic heterocycles. The van der Waals surface area contributed by atoms with E-state index >= 15 is 0 Å². The lowest BCUT2D eigenvalue weighted by Crippen LogP contribution is -1.95. The molecular formula is C13H9Cl2S. The molecular weight excluding hydrogens is 259 g/mol. The normalized spacial score (nSPS) is 10.8. The third kappa shape index (κ3) is 2.37. The lowest BCUT2D eigenvalue weighted by atomic mass is 10.0. The van der Waals surface area contributed by atoms with Crippen molar-refractivity contribution < 1.29 is 0 Å². The number of rotatable bonds is 2. The fraction of sp³-hybridized carbons (Fsp3) is 0.0769. The first-order valence-electron chi connectivity index (χ1n) is 4.85. The van der Waals surface area contributed by atoms with Crippen LogP contribution in [0.5, 0.6) is 0 Å². The molecule has 3 heteroatoms. The minimum Gasteiger partial charge on any atom is -0.0840 e. The maximum absolute atomic E-state index is 6.11. The lowest BCUT2D eigenvalue weighted by Gasteiger charge is -2.13. The first-order valence-corrected chi connectivity index (χ1v) is 6.07. The Morgan fingerprint density at radius 3 is 1.50 bits per heavy atom. The molecule has 1 radical (unpaired) electrons. The summed E-state index contributed by atoms with van der Waals surface area (Å²) in [5.41, 5.74) is 1.85. The second kappa shape index (κ2) is 5.13. The van der Waals surface area contributed by atoms with Crippen molar-refractivity contribution in [2.24, 2.45) is 0 Å². The largest absolute Gasteiger partial charge is 0.0840 e. The van der Waals surface area contributed by atoms with Gasteiger partial charge in [-0.3, -0.25) is 0 Å². The van der Waals surface area contributed by atoms with Gasteiger partial charge in [0.2, 0.25) is 0 Å². The molecule has 0 aliphatic heterocycles. The zero-order valence-electron chi connectivity index (χ0n) is 8.36. The van der Waals surface area contributed by atoms with E-state index in [1.54, 1.807) is 0 Å². The van der Waals surface area contributed by atoms with E-state index in [0.29, 0.717) is 10.0 Å². The van der Waals surface area contributed by atoms with E-state index in [4.69, 9.17) is 35.8 Å². The predicted octanol–water partition coefficient (Wildman–Crippen LogP) is 5.28. The van der Waals surface area contributed by atoms with E-state index in [9.17, 15) is 0 Å². The van der Waals surface area contributed by atoms with Crippen LogP contribution in [-0.2, 0) is 0 Å². The van der Waals surface area contributed by atoms with Crippen molar-refractivity contribution in [3.05, 3.63) is 69.7 Å². The Bertz CT molecular complexity index is 451. The Hall–Kier alpha value is -0.630. The predicted molar refractivity (Wildman–Crippen MR) is 72.3 cm³/mol. The SMILES string of the molecule is [S]C(c1ccccc1Cl)c1ccccc1Cl. The zero-order chi connectivity index (χ0) is 11.5. The zero-order valence-corrected chi connectivity index (χ0v) is 10.7. The third-order valence-electron chi connectivity index (χ3n) is 2.38. The van der Waals surface area contributed by atoms with Crippen molar-refractivity contribution >= 4 is 35.8 Å². The lowest BCUT2D eigenvalue weighted by molar-refractivity contribution is 1.17. The Balaban J connectivity index is 2.44. The standard InChI is InChI=1S/C13H9Cl2S/c14-11-7-3-1-5-9(11)13(16)10-6-2-4-8-12(10)15/h1-8,13H. The first kappa shape index (κ1) is 11.8. The second-order valence-corrected chi connectivity index (χ2v) is 4.71. The molecule has 0 unspecified atom stereocenters. The van der Waals surface area contributed by atoms with Gasteiger partial charge in [-0.25, -0.2) is 0 Å². The highest BCUT2D eigenvalue weighted by Crippen LogP contribution is 2.36. The summed E-state index contributed by atoms with van der Waals surface area (Å²) in [5, 5.41) is 1.16. The summed E-state index contributed by atoms with van der Waals surface area (Å²) >= 11 is 17.7. The van der Waals surface area contributed by atoms with Crippen molar-refractivity contribution in [3.8, 4) is 0 Å². The number of hydrogen-bond acceptors (Lipinski definition) is 0. The van der Waals surface area contributed by atoms with Gasteiger partial charge in [0.15, 0.2) is 0 Å². The van der Waals surface area contributed by atoms with Gasteiger partial charge in [0, 0.05) is 10.0 Å². The van der Waals surface area contributed by atoms with Crippen molar-refractivity contribution in [2.45, 2.75) is 5.25 Å². The highest BCUT2D eigenvalue weighted by Gasteiger charge is 2.15. The number of hydrogen-bond donors (Lipinski definition) is 0. The van der Waals surface area contributed by atoms with Crippen LogP contribution >= 0.6 is 35.8 Å². The van der Waals surface area contributed by atoms with Crippen LogP contribution in [-0.4, -0.2) is 0 Å². The summed E-state index contributed by atoms with van der Waals surface area (Å²) in [7, 11) is 0. The molecule has 0 heterocycles. The molecule has 81 valence electrons. The Kier molecular flexibility index (Phi) is 3.80. The molecule has 0 aliphatic carbocycles. The van der Waals surface area contributed by atoms with E-state index in [1.807, 2.05) is 48.5 Å². The minimum atomic E-state index is -0.206. The summed E-state index contributed by atoms with van der Waals surface area (Å²) in [4.78, 5) is 0. The van der Waals surface area contributed by atoms with Gasteiger partial charge in [0.05, 0.1) is 5.25 Å². The molecule has 0 fully saturated rings. The summed E-state index contributed by atoms with van der Waals surface area (Å²) in [6.45, 7) is 0. The van der Waals surface area contributed by atoms with Crippen LogP contribution in [0.2, 0.25) is 10.0 Å². The Labute approximate surface area is 111 Å². The summed E-state index contributed by atoms with van der Waals surface area (Å²) < 4.78 is 0. The van der Waals surface area contributed by atoms with Gasteiger partial charge in [0.25, 0.3) is 0 Å². The molecule has 0 bridgehead atoms. The molecule has 2 aromatic carbocycles. The van der Waals surface area contributed by atoms with Gasteiger partial charge in [0.1, 0.15) is 0 Å². The molecule has 0 atom stereocenters. The topological polar surface area (TPSA) is 0 Å². The minimum absolute atomic E-state index is 0.206. The Morgan fingerprint density at radius 1 is 0.750 bits per heavy atom. The van der Waals surface area contributed by atoms with Crippen molar-refractivity contribution in [1.29, 1.82) is 0 Å². The molecule has 0 nitrogen and oxygen atoms in total. The van der Waals surface area contributed by atoms with Crippen LogP contribution in [0.15, 0.2) is 48.5 Å².